The fourth-order valence-corrected chi connectivity index (χ4v) is 11.6. The minimum absolute atomic E-state index is 0.760. The fraction of sp³-hybridized carbons (Fsp3) is 0.0400. The van der Waals surface area contributed by atoms with Gasteiger partial charge in [0.25, 0.3) is 0 Å². The van der Waals surface area contributed by atoms with Gasteiger partial charge in [-0.05, 0) is 108 Å². The van der Waals surface area contributed by atoms with Crippen molar-refractivity contribution in [1.82, 2.24) is 0 Å². The van der Waals surface area contributed by atoms with E-state index in [4.69, 9.17) is 15.2 Å². The number of rotatable bonds is 5. The van der Waals surface area contributed by atoms with Crippen LogP contribution in [0.5, 0.6) is 11.5 Å². The van der Waals surface area contributed by atoms with Gasteiger partial charge in [-0.3, -0.25) is 0 Å². The Labute approximate surface area is 362 Å². The van der Waals surface area contributed by atoms with Crippen LogP contribution in [0.3, 0.4) is 0 Å². The molecule has 58 heavy (non-hydrogen) atoms. The quantitative estimate of drug-likeness (QED) is 0.138. The average molecular weight is 921 g/mol. The molecule has 0 saturated heterocycles. The molecule has 8 heteroatoms. The van der Waals surface area contributed by atoms with Crippen LogP contribution in [0, 0.1) is 3.57 Å². The zero-order chi connectivity index (χ0) is 39.6. The molecule has 0 aliphatic heterocycles. The zero-order valence-corrected chi connectivity index (χ0v) is 36.3. The van der Waals surface area contributed by atoms with Crippen molar-refractivity contribution in [3.63, 3.8) is 0 Å². The normalized spacial score (nSPS) is 11.1. The topological polar surface area (TPSA) is 47.7 Å². The van der Waals surface area contributed by atoms with Gasteiger partial charge in [-0.1, -0.05) is 91.0 Å². The third-order valence-corrected chi connectivity index (χ3v) is 15.0. The van der Waals surface area contributed by atoms with E-state index in [1.807, 2.05) is 58.3 Å². The van der Waals surface area contributed by atoms with Gasteiger partial charge in [0.2, 0.25) is 0 Å². The molecule has 11 rings (SSSR count). The molecule has 0 fully saturated rings. The number of fused-ring (bicyclic) bond motifs is 9. The lowest BCUT2D eigenvalue weighted by atomic mass is 10.1. The van der Waals surface area contributed by atoms with Gasteiger partial charge in [-0.2, -0.15) is 0 Å². The summed E-state index contributed by atoms with van der Waals surface area (Å²) in [4.78, 5) is 2.41. The highest BCUT2D eigenvalue weighted by atomic mass is 127. The SMILES string of the molecule is COc1ccc(N(c2cccc3c2sc2ccccc23)c2cccc3c2sc2ccccc23)cc1.COc1ccc(N)cc1.Ic1cccc2c1sc1ccccc12. The van der Waals surface area contributed by atoms with Crippen LogP contribution < -0.4 is 20.1 Å². The van der Waals surface area contributed by atoms with Gasteiger partial charge in [0.1, 0.15) is 11.5 Å². The first kappa shape index (κ1) is 37.9. The van der Waals surface area contributed by atoms with Crippen molar-refractivity contribution >= 4 is 140 Å². The zero-order valence-electron chi connectivity index (χ0n) is 31.7. The third kappa shape index (κ3) is 7.33. The van der Waals surface area contributed by atoms with E-state index < -0.39 is 0 Å². The summed E-state index contributed by atoms with van der Waals surface area (Å²) in [6.07, 6.45) is 0. The van der Waals surface area contributed by atoms with Crippen LogP contribution in [0.2, 0.25) is 0 Å². The second-order valence-corrected chi connectivity index (χ2v) is 17.8. The summed E-state index contributed by atoms with van der Waals surface area (Å²) in [5.74, 6) is 1.69. The number of anilines is 4. The molecule has 0 aliphatic carbocycles. The van der Waals surface area contributed by atoms with Crippen LogP contribution in [0.1, 0.15) is 0 Å². The number of hydrogen-bond acceptors (Lipinski definition) is 7. The van der Waals surface area contributed by atoms with Gasteiger partial charge in [-0.15, -0.1) is 34.0 Å². The highest BCUT2D eigenvalue weighted by molar-refractivity contribution is 14.1. The van der Waals surface area contributed by atoms with E-state index in [1.54, 1.807) is 26.4 Å². The largest absolute Gasteiger partial charge is 0.497 e. The van der Waals surface area contributed by atoms with Crippen molar-refractivity contribution in [3.05, 3.63) is 179 Å². The van der Waals surface area contributed by atoms with E-state index in [9.17, 15) is 0 Å². The van der Waals surface area contributed by atoms with E-state index in [2.05, 4.69) is 167 Å². The summed E-state index contributed by atoms with van der Waals surface area (Å²) in [6.45, 7) is 0. The van der Waals surface area contributed by atoms with Gasteiger partial charge >= 0.3 is 0 Å². The van der Waals surface area contributed by atoms with E-state index in [0.717, 1.165) is 22.9 Å². The average Bonchev–Trinajstić information content (AvgIpc) is 3.98. The van der Waals surface area contributed by atoms with Gasteiger partial charge in [0, 0.05) is 66.1 Å². The monoisotopic (exact) mass is 920 g/mol. The Bertz CT molecular complexity index is 3070. The number of hydrogen-bond donors (Lipinski definition) is 1. The van der Waals surface area contributed by atoms with Crippen LogP contribution in [-0.4, -0.2) is 14.2 Å². The maximum atomic E-state index is 5.47. The minimum atomic E-state index is 0.760. The smallest absolute Gasteiger partial charge is 0.119 e. The molecule has 284 valence electrons. The molecule has 0 radical (unpaired) electrons. The maximum Gasteiger partial charge on any atom is 0.119 e. The first-order valence-corrected chi connectivity index (χ1v) is 22.2. The van der Waals surface area contributed by atoms with Crippen LogP contribution >= 0.6 is 56.6 Å². The lowest BCUT2D eigenvalue weighted by Crippen LogP contribution is -2.10. The Hall–Kier alpha value is -5.65. The van der Waals surface area contributed by atoms with E-state index in [1.165, 1.54) is 75.5 Å². The number of thiophene rings is 3. The van der Waals surface area contributed by atoms with E-state index >= 15 is 0 Å². The molecule has 8 aromatic carbocycles. The van der Waals surface area contributed by atoms with Crippen molar-refractivity contribution in [1.29, 1.82) is 0 Å². The highest BCUT2D eigenvalue weighted by Crippen LogP contribution is 2.48. The number of nitrogens with zero attached hydrogens (tertiary/aromatic N) is 1. The van der Waals surface area contributed by atoms with Crippen LogP contribution in [0.4, 0.5) is 22.7 Å². The van der Waals surface area contributed by atoms with Gasteiger partial charge in [0.15, 0.2) is 0 Å². The second kappa shape index (κ2) is 16.7. The molecule has 4 nitrogen and oxygen atoms in total. The predicted octanol–water partition coefficient (Wildman–Crippen LogP) is 15.8. The summed E-state index contributed by atoms with van der Waals surface area (Å²) in [6, 6.07) is 61.4. The van der Waals surface area contributed by atoms with E-state index in [-0.39, 0.29) is 0 Å². The number of halogens is 1. The molecule has 3 heterocycles. The number of nitrogens with two attached hydrogens (primary N) is 1. The second-order valence-electron chi connectivity index (χ2n) is 13.5. The Kier molecular flexibility index (Phi) is 10.9. The Morgan fingerprint density at radius 2 is 0.793 bits per heavy atom. The molecule has 2 N–H and O–H groups in total. The Morgan fingerprint density at radius 3 is 1.26 bits per heavy atom. The molecular formula is C50H37IN2O2S3. The lowest BCUT2D eigenvalue weighted by molar-refractivity contribution is 0.415. The van der Waals surface area contributed by atoms with E-state index in [0.29, 0.717) is 0 Å². The summed E-state index contributed by atoms with van der Waals surface area (Å²) in [7, 11) is 3.34. The number of nitrogen functional groups attached to an aromatic ring is 1. The predicted molar refractivity (Wildman–Crippen MR) is 263 cm³/mol. The molecule has 11 aromatic rings. The standard InChI is InChI=1S/C31H21NOS2.C12H7IS.C7H9NO/c1-33-21-18-16-20(17-19-21)32(26-12-6-10-24-22-8-2-4-14-28(22)34-30(24)26)27-13-7-11-25-23-9-3-5-15-29(23)35-31(25)27;13-10-6-3-5-9-8-4-1-2-7-11(8)14-12(9)10;1-9-7-4-2-6(8)3-5-7/h2-19H,1H3;1-7H;2-5H,8H2,1H3. The van der Waals surface area contributed by atoms with Crippen LogP contribution in [0.25, 0.3) is 60.5 Å². The maximum absolute atomic E-state index is 5.47. The molecule has 0 atom stereocenters. The summed E-state index contributed by atoms with van der Waals surface area (Å²) in [5, 5.41) is 7.98. The van der Waals surface area contributed by atoms with Crippen molar-refractivity contribution < 1.29 is 9.47 Å². The Balaban J connectivity index is 0.000000154. The first-order chi connectivity index (χ1) is 28.5. The number of ether oxygens (including phenoxy) is 2. The molecule has 0 aliphatic rings. The van der Waals surface area contributed by atoms with Gasteiger partial charge in [-0.25, -0.2) is 0 Å². The molecule has 3 aromatic heterocycles. The number of methoxy groups -OCH3 is 2. The lowest BCUT2D eigenvalue weighted by Gasteiger charge is -2.26. The van der Waals surface area contributed by atoms with Crippen LogP contribution in [0.15, 0.2) is 176 Å². The fourth-order valence-electron chi connectivity index (χ4n) is 7.27. The van der Waals surface area contributed by atoms with Crippen molar-refractivity contribution in [2.75, 3.05) is 24.9 Å². The van der Waals surface area contributed by atoms with Crippen molar-refractivity contribution in [2.45, 2.75) is 0 Å². The summed E-state index contributed by atoms with van der Waals surface area (Å²) >= 11 is 8.01. The molecule has 0 amide bonds. The molecular weight excluding hydrogens is 884 g/mol. The van der Waals surface area contributed by atoms with Crippen LogP contribution in [-0.2, 0) is 0 Å². The highest BCUT2D eigenvalue weighted by Gasteiger charge is 2.21. The molecule has 0 spiro atoms. The Morgan fingerprint density at radius 1 is 0.414 bits per heavy atom. The summed E-state index contributed by atoms with van der Waals surface area (Å²) in [5.41, 5.74) is 9.68. The molecule has 0 bridgehead atoms. The van der Waals surface area contributed by atoms with Crippen molar-refractivity contribution in [3.8, 4) is 11.5 Å². The van der Waals surface area contributed by atoms with Crippen molar-refractivity contribution in [2.24, 2.45) is 0 Å². The minimum Gasteiger partial charge on any atom is -0.497 e. The summed E-state index contributed by atoms with van der Waals surface area (Å²) < 4.78 is 19.7. The van der Waals surface area contributed by atoms with Gasteiger partial charge < -0.3 is 20.1 Å². The first-order valence-electron chi connectivity index (χ1n) is 18.7. The molecule has 0 saturated carbocycles. The van der Waals surface area contributed by atoms with Gasteiger partial charge in [0.05, 0.1) is 35.0 Å². The third-order valence-electron chi connectivity index (χ3n) is 10.1. The molecule has 0 unspecified atom stereocenters. The number of benzene rings is 8.